The van der Waals surface area contributed by atoms with Gasteiger partial charge in [-0.2, -0.15) is 5.26 Å². The van der Waals surface area contributed by atoms with Crippen LogP contribution in [0.15, 0.2) is 0 Å². The number of nitrogens with zero attached hydrogens (tertiary/aromatic N) is 2. The highest BCUT2D eigenvalue weighted by atomic mass is 16.3. The van der Waals surface area contributed by atoms with Crippen LogP contribution in [0.3, 0.4) is 0 Å². The highest BCUT2D eigenvalue weighted by molar-refractivity contribution is 5.79. The van der Waals surface area contributed by atoms with Crippen LogP contribution < -0.4 is 5.32 Å². The van der Waals surface area contributed by atoms with Gasteiger partial charge < -0.3 is 15.3 Å². The number of hydrogen-bond donors (Lipinski definition) is 2. The Morgan fingerprint density at radius 2 is 2.08 bits per heavy atom. The summed E-state index contributed by atoms with van der Waals surface area (Å²) in [5, 5.41) is 23.2. The minimum Gasteiger partial charge on any atom is -0.390 e. The van der Waals surface area contributed by atoms with Gasteiger partial charge in [-0.05, 0) is 56.8 Å². The van der Waals surface area contributed by atoms with E-state index in [2.05, 4.69) is 18.3 Å². The van der Waals surface area contributed by atoms with Gasteiger partial charge >= 0.3 is 0 Å². The van der Waals surface area contributed by atoms with E-state index in [0.717, 1.165) is 64.3 Å². The van der Waals surface area contributed by atoms with Crippen molar-refractivity contribution in [3.8, 4) is 6.07 Å². The molecule has 0 spiro atoms. The molecule has 0 unspecified atom stereocenters. The smallest absolute Gasteiger partial charge is 0.237 e. The predicted octanol–water partition coefficient (Wildman–Crippen LogP) is 2.20. The van der Waals surface area contributed by atoms with Crippen molar-refractivity contribution in [1.29, 1.82) is 5.26 Å². The molecule has 5 atom stereocenters. The number of amides is 1. The van der Waals surface area contributed by atoms with Crippen LogP contribution in [0.4, 0.5) is 0 Å². The van der Waals surface area contributed by atoms with Crippen molar-refractivity contribution in [2.24, 2.45) is 11.8 Å². The number of likely N-dealkylation sites (tertiary alicyclic amines) is 1. The molecule has 24 heavy (non-hydrogen) atoms. The van der Waals surface area contributed by atoms with Crippen molar-refractivity contribution in [1.82, 2.24) is 10.2 Å². The number of nitriles is 1. The van der Waals surface area contributed by atoms with Crippen molar-refractivity contribution < 1.29 is 9.90 Å². The Morgan fingerprint density at radius 3 is 2.71 bits per heavy atom. The topological polar surface area (TPSA) is 76.4 Å². The maximum atomic E-state index is 12.3. The van der Waals surface area contributed by atoms with Crippen LogP contribution in [-0.2, 0) is 4.79 Å². The maximum absolute atomic E-state index is 12.3. The summed E-state index contributed by atoms with van der Waals surface area (Å²) in [5.41, 5.74) is -0.429. The molecule has 0 aromatic rings. The Morgan fingerprint density at radius 1 is 1.38 bits per heavy atom. The summed E-state index contributed by atoms with van der Waals surface area (Å²) >= 11 is 0. The average Bonchev–Trinajstić information content (AvgIpc) is 3.23. The van der Waals surface area contributed by atoms with Gasteiger partial charge in [0, 0.05) is 12.6 Å². The quantitative estimate of drug-likeness (QED) is 0.781. The largest absolute Gasteiger partial charge is 0.390 e. The summed E-state index contributed by atoms with van der Waals surface area (Å²) in [5.74, 6) is 1.28. The lowest BCUT2D eigenvalue weighted by molar-refractivity contribution is -0.130. The van der Waals surface area contributed by atoms with Crippen LogP contribution in [0.25, 0.3) is 0 Å². The molecule has 5 heteroatoms. The third kappa shape index (κ3) is 3.75. The van der Waals surface area contributed by atoms with Gasteiger partial charge in [-0.3, -0.25) is 4.79 Å². The molecule has 5 nitrogen and oxygen atoms in total. The van der Waals surface area contributed by atoms with E-state index in [0.29, 0.717) is 24.4 Å². The fourth-order valence-electron chi connectivity index (χ4n) is 5.18. The molecular weight excluding hydrogens is 302 g/mol. The van der Waals surface area contributed by atoms with Crippen molar-refractivity contribution in [2.45, 2.75) is 82.4 Å². The van der Waals surface area contributed by atoms with E-state index in [1.807, 2.05) is 0 Å². The van der Waals surface area contributed by atoms with Gasteiger partial charge in [0.1, 0.15) is 6.04 Å². The Hall–Kier alpha value is -1.12. The Kier molecular flexibility index (Phi) is 5.46. The zero-order valence-electron chi connectivity index (χ0n) is 14.8. The van der Waals surface area contributed by atoms with Crippen molar-refractivity contribution in [2.75, 3.05) is 13.1 Å². The standard InChI is InChI=1S/C19H31N3O2/c1-2-3-6-19(24)10-14-8-16(9-15(14)11-19)21-13-18(23)22-7-4-5-17(22)12-20/h14-17,21,24H,2-11,13H2,1H3/t14-,15+,16-,17-,19-/m0/s1. The molecule has 1 heterocycles. The summed E-state index contributed by atoms with van der Waals surface area (Å²) in [6.07, 6.45) is 8.98. The number of hydrogen-bond acceptors (Lipinski definition) is 4. The number of unbranched alkanes of at least 4 members (excludes halogenated alkanes) is 1. The molecule has 0 aromatic carbocycles. The molecule has 2 saturated carbocycles. The van der Waals surface area contributed by atoms with E-state index in [1.165, 1.54) is 0 Å². The first-order valence-electron chi connectivity index (χ1n) is 9.69. The lowest BCUT2D eigenvalue weighted by Gasteiger charge is -2.25. The molecule has 1 amide bonds. The second kappa shape index (κ2) is 7.41. The van der Waals surface area contributed by atoms with E-state index in [9.17, 15) is 9.90 Å². The van der Waals surface area contributed by atoms with E-state index in [1.54, 1.807) is 4.90 Å². The van der Waals surface area contributed by atoms with E-state index in [4.69, 9.17) is 5.26 Å². The van der Waals surface area contributed by atoms with Gasteiger partial charge in [0.25, 0.3) is 0 Å². The van der Waals surface area contributed by atoms with Crippen LogP contribution in [0.2, 0.25) is 0 Å². The van der Waals surface area contributed by atoms with E-state index in [-0.39, 0.29) is 11.9 Å². The summed E-state index contributed by atoms with van der Waals surface area (Å²) in [6, 6.07) is 2.40. The average molecular weight is 333 g/mol. The third-order valence-electron chi connectivity index (χ3n) is 6.39. The molecule has 3 fully saturated rings. The van der Waals surface area contributed by atoms with Gasteiger partial charge in [-0.1, -0.05) is 19.8 Å². The first-order valence-corrected chi connectivity index (χ1v) is 9.69. The Balaban J connectivity index is 1.42. The molecule has 0 bridgehead atoms. The van der Waals surface area contributed by atoms with Gasteiger partial charge in [0.15, 0.2) is 0 Å². The van der Waals surface area contributed by atoms with Crippen LogP contribution in [-0.4, -0.2) is 46.7 Å². The molecule has 3 rings (SSSR count). The molecule has 1 saturated heterocycles. The normalized spacial score (nSPS) is 38.3. The van der Waals surface area contributed by atoms with Crippen LogP contribution >= 0.6 is 0 Å². The van der Waals surface area contributed by atoms with Gasteiger partial charge in [0.05, 0.1) is 18.2 Å². The van der Waals surface area contributed by atoms with E-state index >= 15 is 0 Å². The second-order valence-electron chi connectivity index (χ2n) is 8.18. The Bertz CT molecular complexity index is 487. The number of carbonyl (C=O) groups excluding carboxylic acids is 1. The number of fused-ring (bicyclic) bond motifs is 1. The van der Waals surface area contributed by atoms with Crippen molar-refractivity contribution in [3.63, 3.8) is 0 Å². The predicted molar refractivity (Wildman–Crippen MR) is 92.1 cm³/mol. The molecule has 134 valence electrons. The summed E-state index contributed by atoms with van der Waals surface area (Å²) in [7, 11) is 0. The fourth-order valence-corrected chi connectivity index (χ4v) is 5.18. The molecule has 3 aliphatic rings. The highest BCUT2D eigenvalue weighted by Gasteiger charge is 2.48. The molecule has 1 aliphatic heterocycles. The minimum absolute atomic E-state index is 0.0653. The molecular formula is C19H31N3O2. The summed E-state index contributed by atoms with van der Waals surface area (Å²) in [6.45, 7) is 3.24. The van der Waals surface area contributed by atoms with Crippen molar-refractivity contribution >= 4 is 5.91 Å². The number of aliphatic hydroxyl groups is 1. The lowest BCUT2D eigenvalue weighted by Crippen LogP contribution is -2.43. The van der Waals surface area contributed by atoms with Gasteiger partial charge in [-0.15, -0.1) is 0 Å². The third-order valence-corrected chi connectivity index (χ3v) is 6.39. The second-order valence-corrected chi connectivity index (χ2v) is 8.18. The maximum Gasteiger partial charge on any atom is 0.237 e. The number of rotatable bonds is 6. The van der Waals surface area contributed by atoms with Crippen LogP contribution in [0.1, 0.15) is 64.7 Å². The fraction of sp³-hybridized carbons (Fsp3) is 0.895. The first-order chi connectivity index (χ1) is 11.5. The molecule has 2 N–H and O–H groups in total. The number of carbonyl (C=O) groups is 1. The Labute approximate surface area is 145 Å². The monoisotopic (exact) mass is 333 g/mol. The van der Waals surface area contributed by atoms with Crippen LogP contribution in [0, 0.1) is 23.2 Å². The lowest BCUT2D eigenvalue weighted by atomic mass is 9.91. The van der Waals surface area contributed by atoms with E-state index < -0.39 is 5.60 Å². The summed E-state index contributed by atoms with van der Waals surface area (Å²) in [4.78, 5) is 14.0. The first kappa shape index (κ1) is 17.7. The van der Waals surface area contributed by atoms with Gasteiger partial charge in [-0.25, -0.2) is 0 Å². The van der Waals surface area contributed by atoms with Crippen molar-refractivity contribution in [3.05, 3.63) is 0 Å². The van der Waals surface area contributed by atoms with Gasteiger partial charge in [0.2, 0.25) is 5.91 Å². The zero-order chi connectivity index (χ0) is 17.2. The SMILES string of the molecule is CCCC[C@@]1(O)C[C@H]2C[C@@H](NCC(=O)N3CCC[C@H]3C#N)C[C@H]2C1. The molecule has 0 aromatic heterocycles. The summed E-state index contributed by atoms with van der Waals surface area (Å²) < 4.78 is 0. The highest BCUT2D eigenvalue weighted by Crippen LogP contribution is 2.50. The van der Waals surface area contributed by atoms with Crippen LogP contribution in [0.5, 0.6) is 0 Å². The zero-order valence-corrected chi connectivity index (χ0v) is 14.8. The minimum atomic E-state index is -0.429. The molecule has 2 aliphatic carbocycles. The number of nitrogens with one attached hydrogen (secondary N) is 1. The molecule has 0 radical (unpaired) electrons.